The summed E-state index contributed by atoms with van der Waals surface area (Å²) in [6.45, 7) is 1.49. The minimum Gasteiger partial charge on any atom is -0.478 e. The smallest absolute Gasteiger partial charge is 0.279 e. The van der Waals surface area contributed by atoms with Gasteiger partial charge in [0.1, 0.15) is 0 Å². The molecule has 1 saturated carbocycles. The van der Waals surface area contributed by atoms with Crippen molar-refractivity contribution in [3.05, 3.63) is 30.1 Å². The van der Waals surface area contributed by atoms with Crippen LogP contribution in [0.25, 0.3) is 0 Å². The van der Waals surface area contributed by atoms with Crippen LogP contribution in [-0.2, 0) is 9.59 Å². The van der Waals surface area contributed by atoms with Gasteiger partial charge in [-0.05, 0) is 37.8 Å². The molecule has 5 nitrogen and oxygen atoms in total. The highest BCUT2D eigenvalue weighted by molar-refractivity contribution is 5.84. The van der Waals surface area contributed by atoms with E-state index in [1.807, 2.05) is 0 Å². The minimum absolute atomic E-state index is 0.00225. The molecule has 1 aromatic rings. The quantitative estimate of drug-likeness (QED) is 0.820. The third kappa shape index (κ3) is 4.72. The van der Waals surface area contributed by atoms with Crippen molar-refractivity contribution in [2.24, 2.45) is 5.92 Å². The third-order valence-corrected chi connectivity index (χ3v) is 3.78. The lowest BCUT2D eigenvalue weighted by Crippen LogP contribution is -2.47. The van der Waals surface area contributed by atoms with E-state index in [0.717, 1.165) is 25.7 Å². The molecule has 1 atom stereocenters. The summed E-state index contributed by atoms with van der Waals surface area (Å²) in [5, 5.41) is 0. The van der Waals surface area contributed by atoms with E-state index in [0.29, 0.717) is 12.3 Å². The van der Waals surface area contributed by atoms with Crippen LogP contribution in [0.2, 0.25) is 0 Å². The standard InChI is InChI=1S/C16H21FN2O3/c1-11(22-14-9-5-4-8-13(14)17)16(21)19-18-15(20)10-12-6-2-3-7-12/h4-5,8-9,11-12H,2-3,6-7,10H2,1H3,(H,18,20)(H,19,21)/t11-/m0/s1. The number of carbonyl (C=O) groups is 2. The van der Waals surface area contributed by atoms with E-state index in [-0.39, 0.29) is 11.7 Å². The summed E-state index contributed by atoms with van der Waals surface area (Å²) in [6, 6.07) is 5.85. The molecule has 120 valence electrons. The number of hydrogen-bond acceptors (Lipinski definition) is 3. The molecule has 22 heavy (non-hydrogen) atoms. The molecule has 2 amide bonds. The van der Waals surface area contributed by atoms with Gasteiger partial charge >= 0.3 is 0 Å². The van der Waals surface area contributed by atoms with Gasteiger partial charge in [0.2, 0.25) is 5.91 Å². The Labute approximate surface area is 129 Å². The molecule has 1 aliphatic rings. The van der Waals surface area contributed by atoms with Crippen molar-refractivity contribution in [3.8, 4) is 5.75 Å². The van der Waals surface area contributed by atoms with Gasteiger partial charge in [0.05, 0.1) is 0 Å². The average Bonchev–Trinajstić information content (AvgIpc) is 3.00. The molecule has 1 fully saturated rings. The fourth-order valence-electron chi connectivity index (χ4n) is 2.54. The highest BCUT2D eigenvalue weighted by Crippen LogP contribution is 2.27. The number of carbonyl (C=O) groups excluding carboxylic acids is 2. The molecule has 1 aliphatic carbocycles. The van der Waals surface area contributed by atoms with E-state index >= 15 is 0 Å². The molecular formula is C16H21FN2O3. The maximum Gasteiger partial charge on any atom is 0.279 e. The second kappa shape index (κ2) is 7.77. The molecule has 0 saturated heterocycles. The second-order valence-corrected chi connectivity index (χ2v) is 5.58. The maximum absolute atomic E-state index is 13.4. The molecule has 0 radical (unpaired) electrons. The highest BCUT2D eigenvalue weighted by atomic mass is 19.1. The summed E-state index contributed by atoms with van der Waals surface area (Å²) in [4.78, 5) is 23.5. The molecule has 0 spiro atoms. The van der Waals surface area contributed by atoms with E-state index in [2.05, 4.69) is 10.9 Å². The minimum atomic E-state index is -0.913. The molecule has 0 unspecified atom stereocenters. The van der Waals surface area contributed by atoms with E-state index in [4.69, 9.17) is 4.74 Å². The first kappa shape index (κ1) is 16.3. The summed E-state index contributed by atoms with van der Waals surface area (Å²) in [7, 11) is 0. The largest absolute Gasteiger partial charge is 0.478 e. The third-order valence-electron chi connectivity index (χ3n) is 3.78. The highest BCUT2D eigenvalue weighted by Gasteiger charge is 2.20. The van der Waals surface area contributed by atoms with Crippen LogP contribution in [0.5, 0.6) is 5.75 Å². The Bertz CT molecular complexity index is 530. The van der Waals surface area contributed by atoms with Gasteiger partial charge in [-0.15, -0.1) is 0 Å². The molecular weight excluding hydrogens is 287 g/mol. The molecule has 0 aromatic heterocycles. The predicted octanol–water partition coefficient (Wildman–Crippen LogP) is 2.32. The van der Waals surface area contributed by atoms with E-state index < -0.39 is 17.8 Å². The summed E-state index contributed by atoms with van der Waals surface area (Å²) in [5.74, 6) is -0.861. The molecule has 0 heterocycles. The van der Waals surface area contributed by atoms with Crippen LogP contribution in [0.4, 0.5) is 4.39 Å². The Kier molecular flexibility index (Phi) is 5.75. The molecule has 0 aliphatic heterocycles. The van der Waals surface area contributed by atoms with Crippen molar-refractivity contribution in [1.29, 1.82) is 0 Å². The van der Waals surface area contributed by atoms with Gasteiger partial charge in [-0.1, -0.05) is 25.0 Å². The van der Waals surface area contributed by atoms with Gasteiger partial charge in [-0.2, -0.15) is 0 Å². The molecule has 6 heteroatoms. The van der Waals surface area contributed by atoms with Gasteiger partial charge in [0, 0.05) is 6.42 Å². The number of nitrogens with one attached hydrogen (secondary N) is 2. The Morgan fingerprint density at radius 1 is 1.27 bits per heavy atom. The number of hydrogen-bond donors (Lipinski definition) is 2. The van der Waals surface area contributed by atoms with Crippen molar-refractivity contribution in [3.63, 3.8) is 0 Å². The van der Waals surface area contributed by atoms with Crippen molar-refractivity contribution in [1.82, 2.24) is 10.9 Å². The van der Waals surface area contributed by atoms with Crippen LogP contribution in [0.1, 0.15) is 39.0 Å². The van der Waals surface area contributed by atoms with Crippen LogP contribution in [-0.4, -0.2) is 17.9 Å². The van der Waals surface area contributed by atoms with Gasteiger partial charge in [0.15, 0.2) is 17.7 Å². The van der Waals surface area contributed by atoms with Crippen LogP contribution in [0.15, 0.2) is 24.3 Å². The lowest BCUT2D eigenvalue weighted by molar-refractivity contribution is -0.133. The molecule has 0 bridgehead atoms. The number of halogens is 1. The fourth-order valence-corrected chi connectivity index (χ4v) is 2.54. The fraction of sp³-hybridized carbons (Fsp3) is 0.500. The van der Waals surface area contributed by atoms with Crippen molar-refractivity contribution in [2.75, 3.05) is 0 Å². The van der Waals surface area contributed by atoms with Crippen molar-refractivity contribution in [2.45, 2.75) is 45.1 Å². The maximum atomic E-state index is 13.4. The number of rotatable bonds is 5. The summed E-state index contributed by atoms with van der Waals surface area (Å²) >= 11 is 0. The van der Waals surface area contributed by atoms with Gasteiger partial charge < -0.3 is 4.74 Å². The summed E-state index contributed by atoms with van der Waals surface area (Å²) < 4.78 is 18.7. The Morgan fingerprint density at radius 2 is 1.95 bits per heavy atom. The van der Waals surface area contributed by atoms with Crippen molar-refractivity contribution < 1.29 is 18.7 Å². The zero-order chi connectivity index (χ0) is 15.9. The van der Waals surface area contributed by atoms with Crippen LogP contribution in [0, 0.1) is 11.7 Å². The normalized spacial score (nSPS) is 16.1. The zero-order valence-corrected chi connectivity index (χ0v) is 12.6. The van der Waals surface area contributed by atoms with Crippen LogP contribution >= 0.6 is 0 Å². The predicted molar refractivity (Wildman–Crippen MR) is 79.4 cm³/mol. The first-order valence-electron chi connectivity index (χ1n) is 7.56. The monoisotopic (exact) mass is 308 g/mol. The Hall–Kier alpha value is -2.11. The molecule has 1 aromatic carbocycles. The van der Waals surface area contributed by atoms with Gasteiger partial charge in [-0.3, -0.25) is 20.4 Å². The number of para-hydroxylation sites is 1. The number of hydrazine groups is 1. The zero-order valence-electron chi connectivity index (χ0n) is 12.6. The Morgan fingerprint density at radius 3 is 2.64 bits per heavy atom. The lowest BCUT2D eigenvalue weighted by atomic mass is 10.0. The number of ether oxygens (including phenoxy) is 1. The average molecular weight is 308 g/mol. The van der Waals surface area contributed by atoms with Gasteiger partial charge in [0.25, 0.3) is 5.91 Å². The molecule has 2 rings (SSSR count). The summed E-state index contributed by atoms with van der Waals surface area (Å²) in [5.41, 5.74) is 4.69. The van der Waals surface area contributed by atoms with Crippen LogP contribution in [0.3, 0.4) is 0 Å². The SMILES string of the molecule is C[C@H](Oc1ccccc1F)C(=O)NNC(=O)CC1CCCC1. The molecule has 2 N–H and O–H groups in total. The second-order valence-electron chi connectivity index (χ2n) is 5.58. The number of amides is 2. The first-order valence-corrected chi connectivity index (χ1v) is 7.56. The van der Waals surface area contributed by atoms with Crippen LogP contribution < -0.4 is 15.6 Å². The van der Waals surface area contributed by atoms with E-state index in [1.54, 1.807) is 6.07 Å². The lowest BCUT2D eigenvalue weighted by Gasteiger charge is -2.16. The van der Waals surface area contributed by atoms with E-state index in [9.17, 15) is 14.0 Å². The first-order chi connectivity index (χ1) is 10.6. The van der Waals surface area contributed by atoms with Gasteiger partial charge in [-0.25, -0.2) is 4.39 Å². The van der Waals surface area contributed by atoms with Crippen molar-refractivity contribution >= 4 is 11.8 Å². The topological polar surface area (TPSA) is 67.4 Å². The summed E-state index contributed by atoms with van der Waals surface area (Å²) in [6.07, 6.45) is 3.96. The Balaban J connectivity index is 1.74. The van der Waals surface area contributed by atoms with E-state index in [1.165, 1.54) is 25.1 Å². The number of benzene rings is 1.